The molecule has 0 amide bonds. The highest BCUT2D eigenvalue weighted by atomic mass is 35.5. The van der Waals surface area contributed by atoms with E-state index in [-0.39, 0.29) is 5.41 Å². The summed E-state index contributed by atoms with van der Waals surface area (Å²) in [7, 11) is 7.90. The molecule has 1 aliphatic rings. The van der Waals surface area contributed by atoms with Gasteiger partial charge in [-0.3, -0.25) is 10.3 Å². The van der Waals surface area contributed by atoms with Gasteiger partial charge in [0.1, 0.15) is 0 Å². The summed E-state index contributed by atoms with van der Waals surface area (Å²) in [4.78, 5) is 18.1. The van der Waals surface area contributed by atoms with E-state index in [0.29, 0.717) is 22.0 Å². The Hall–Kier alpha value is -1.89. The van der Waals surface area contributed by atoms with Gasteiger partial charge < -0.3 is 9.80 Å². The van der Waals surface area contributed by atoms with Crippen molar-refractivity contribution in [3.63, 3.8) is 0 Å². The van der Waals surface area contributed by atoms with Crippen LogP contribution in [0.15, 0.2) is 29.3 Å². The van der Waals surface area contributed by atoms with E-state index in [2.05, 4.69) is 40.4 Å². The van der Waals surface area contributed by atoms with Gasteiger partial charge in [0.05, 0.1) is 15.7 Å². The Kier molecular flexibility index (Phi) is 7.22. The first kappa shape index (κ1) is 22.8. The van der Waals surface area contributed by atoms with E-state index in [1.807, 2.05) is 31.0 Å². The van der Waals surface area contributed by atoms with E-state index >= 15 is 0 Å². The molecule has 6 nitrogen and oxygen atoms in total. The Morgan fingerprint density at radius 1 is 1.10 bits per heavy atom. The van der Waals surface area contributed by atoms with Crippen LogP contribution in [0.2, 0.25) is 10.0 Å². The van der Waals surface area contributed by atoms with Crippen LogP contribution in [0.4, 0.5) is 11.6 Å². The Morgan fingerprint density at radius 3 is 2.40 bits per heavy atom. The van der Waals surface area contributed by atoms with Gasteiger partial charge in [-0.15, -0.1) is 0 Å². The van der Waals surface area contributed by atoms with Gasteiger partial charge in [0.2, 0.25) is 11.9 Å². The van der Waals surface area contributed by atoms with Crippen molar-refractivity contribution in [3.05, 3.63) is 45.7 Å². The number of rotatable bonds is 5. The summed E-state index contributed by atoms with van der Waals surface area (Å²) in [6, 6.07) is 7.61. The average molecular weight is 449 g/mol. The zero-order valence-corrected chi connectivity index (χ0v) is 19.8. The Labute approximate surface area is 189 Å². The molecular weight excluding hydrogens is 419 g/mol. The van der Waals surface area contributed by atoms with Gasteiger partial charge in [-0.05, 0) is 58.1 Å². The zero-order valence-electron chi connectivity index (χ0n) is 18.3. The Morgan fingerprint density at radius 2 is 1.80 bits per heavy atom. The van der Waals surface area contributed by atoms with Gasteiger partial charge in [0.15, 0.2) is 0 Å². The number of anilines is 2. The molecule has 0 radical (unpaired) electrons. The van der Waals surface area contributed by atoms with Gasteiger partial charge >= 0.3 is 0 Å². The number of hydrogen-bond donors (Lipinski definition) is 1. The van der Waals surface area contributed by atoms with E-state index in [4.69, 9.17) is 28.2 Å². The molecule has 8 heteroatoms. The molecule has 1 saturated carbocycles. The molecule has 1 aliphatic carbocycles. The first-order chi connectivity index (χ1) is 14.2. The molecule has 162 valence electrons. The number of benzene rings is 1. The van der Waals surface area contributed by atoms with Gasteiger partial charge in [-0.25, -0.2) is 9.97 Å². The summed E-state index contributed by atoms with van der Waals surface area (Å²) < 4.78 is 0. The number of aromatic nitrogens is 2. The molecule has 0 spiro atoms. The molecule has 0 saturated heterocycles. The second-order valence-corrected chi connectivity index (χ2v) is 9.09. The average Bonchev–Trinajstić information content (AvgIpc) is 3.16. The standard InChI is InChI=1S/C22H30Cl2N6/c1-15-12-19(22(14-29(3)4)10-6-7-11-22)27-20(26-15)28-21(25-2)30(5)16-8-9-17(23)18(24)13-16/h8-9,12-13H,6-7,10-11,14H2,1-5H3,(H,25,26,27,28). The van der Waals surface area contributed by atoms with Crippen molar-refractivity contribution in [3.8, 4) is 0 Å². The first-order valence-corrected chi connectivity index (χ1v) is 10.9. The number of nitrogens with zero attached hydrogens (tertiary/aromatic N) is 5. The molecule has 1 fully saturated rings. The molecule has 2 aromatic rings. The highest BCUT2D eigenvalue weighted by molar-refractivity contribution is 6.42. The number of guanidine groups is 1. The predicted octanol–water partition coefficient (Wildman–Crippen LogP) is 5.00. The number of likely N-dealkylation sites (N-methyl/N-ethyl adjacent to an activating group) is 1. The van der Waals surface area contributed by atoms with E-state index in [0.717, 1.165) is 36.5 Å². The quantitative estimate of drug-likeness (QED) is 0.514. The van der Waals surface area contributed by atoms with Gasteiger partial charge in [0, 0.05) is 37.4 Å². The summed E-state index contributed by atoms with van der Waals surface area (Å²) >= 11 is 12.2. The van der Waals surface area contributed by atoms with E-state index in [1.54, 1.807) is 13.1 Å². The van der Waals surface area contributed by atoms with Crippen molar-refractivity contribution in [1.82, 2.24) is 14.9 Å². The minimum absolute atomic E-state index is 0.0761. The molecule has 0 unspecified atom stereocenters. The Bertz CT molecular complexity index is 922. The van der Waals surface area contributed by atoms with Crippen LogP contribution >= 0.6 is 23.2 Å². The monoisotopic (exact) mass is 448 g/mol. The lowest BCUT2D eigenvalue weighted by molar-refractivity contribution is 0.278. The molecule has 0 aliphatic heterocycles. The molecular formula is C22H30Cl2N6. The van der Waals surface area contributed by atoms with E-state index in [9.17, 15) is 0 Å². The minimum Gasteiger partial charge on any atom is -0.315 e. The predicted molar refractivity (Wildman–Crippen MR) is 127 cm³/mol. The third kappa shape index (κ3) is 5.05. The van der Waals surface area contributed by atoms with Crippen LogP contribution < -0.4 is 10.2 Å². The molecule has 1 heterocycles. The van der Waals surface area contributed by atoms with Crippen LogP contribution in [0.3, 0.4) is 0 Å². The van der Waals surface area contributed by atoms with Crippen molar-refractivity contribution in [1.29, 1.82) is 0 Å². The lowest BCUT2D eigenvalue weighted by Crippen LogP contribution is -2.37. The largest absolute Gasteiger partial charge is 0.315 e. The number of aliphatic imine (C=N–C) groups is 1. The third-order valence-corrected chi connectivity index (χ3v) is 6.36. The summed E-state index contributed by atoms with van der Waals surface area (Å²) in [5, 5.41) is 4.32. The first-order valence-electron chi connectivity index (χ1n) is 10.2. The van der Waals surface area contributed by atoms with Crippen LogP contribution in [-0.2, 0) is 5.41 Å². The van der Waals surface area contributed by atoms with E-state index < -0.39 is 0 Å². The van der Waals surface area contributed by atoms with Crippen LogP contribution in [-0.4, -0.2) is 55.6 Å². The molecule has 0 atom stereocenters. The lowest BCUT2D eigenvalue weighted by atomic mass is 9.81. The maximum Gasteiger partial charge on any atom is 0.229 e. The summed E-state index contributed by atoms with van der Waals surface area (Å²) in [5.74, 6) is 1.18. The van der Waals surface area contributed by atoms with Crippen molar-refractivity contribution in [2.75, 3.05) is 45.0 Å². The van der Waals surface area contributed by atoms with Gasteiger partial charge in [0.25, 0.3) is 0 Å². The maximum atomic E-state index is 6.19. The summed E-state index contributed by atoms with van der Waals surface area (Å²) in [5.41, 5.74) is 2.99. The molecule has 30 heavy (non-hydrogen) atoms. The molecule has 1 N–H and O–H groups in total. The number of halogens is 2. The van der Waals surface area contributed by atoms with Crippen molar-refractivity contribution in [2.24, 2.45) is 4.99 Å². The smallest absolute Gasteiger partial charge is 0.229 e. The van der Waals surface area contributed by atoms with Crippen molar-refractivity contribution in [2.45, 2.75) is 38.0 Å². The molecule has 1 aromatic heterocycles. The third-order valence-electron chi connectivity index (χ3n) is 5.62. The van der Waals surface area contributed by atoms with Gasteiger partial charge in [-0.1, -0.05) is 36.0 Å². The maximum absolute atomic E-state index is 6.19. The highest BCUT2D eigenvalue weighted by Gasteiger charge is 2.38. The fraction of sp³-hybridized carbons (Fsp3) is 0.500. The topological polar surface area (TPSA) is 56.7 Å². The molecule has 0 bridgehead atoms. The van der Waals surface area contributed by atoms with Crippen molar-refractivity contribution < 1.29 is 0 Å². The summed E-state index contributed by atoms with van der Waals surface area (Å²) in [6.07, 6.45) is 4.78. The van der Waals surface area contributed by atoms with Crippen LogP contribution in [0.1, 0.15) is 37.1 Å². The number of aryl methyl sites for hydroxylation is 1. The highest BCUT2D eigenvalue weighted by Crippen LogP contribution is 2.41. The van der Waals surface area contributed by atoms with Crippen LogP contribution in [0, 0.1) is 6.92 Å². The minimum atomic E-state index is 0.0761. The van der Waals surface area contributed by atoms with E-state index in [1.165, 1.54) is 12.8 Å². The second kappa shape index (κ2) is 9.50. The Balaban J connectivity index is 1.89. The van der Waals surface area contributed by atoms with Crippen LogP contribution in [0.5, 0.6) is 0 Å². The number of hydrogen-bond acceptors (Lipinski definition) is 4. The normalized spacial score (nSPS) is 16.2. The zero-order chi connectivity index (χ0) is 21.9. The fourth-order valence-electron chi connectivity index (χ4n) is 4.25. The van der Waals surface area contributed by atoms with Crippen LogP contribution in [0.25, 0.3) is 0 Å². The summed E-state index contributed by atoms with van der Waals surface area (Å²) in [6.45, 7) is 3.00. The molecule has 1 aromatic carbocycles. The van der Waals surface area contributed by atoms with Crippen molar-refractivity contribution >= 4 is 40.8 Å². The number of nitrogens with one attached hydrogen (secondary N) is 1. The SMILES string of the molecule is C/N=C(/Nc1nc(C)cc(C2(CN(C)C)CCCC2)n1)N(C)c1ccc(Cl)c(Cl)c1. The van der Waals surface area contributed by atoms with Gasteiger partial charge in [-0.2, -0.15) is 0 Å². The molecule has 3 rings (SSSR count). The second-order valence-electron chi connectivity index (χ2n) is 8.27. The fourth-order valence-corrected chi connectivity index (χ4v) is 4.55. The lowest BCUT2D eigenvalue weighted by Gasteiger charge is -2.32.